The predicted molar refractivity (Wildman–Crippen MR) is 147 cm³/mol. The third-order valence-electron chi connectivity index (χ3n) is 6.90. The number of aryl methyl sites for hydroxylation is 1. The summed E-state index contributed by atoms with van der Waals surface area (Å²) in [4.78, 5) is 13.5. The molecule has 5 aromatic heterocycles. The summed E-state index contributed by atoms with van der Waals surface area (Å²) in [7, 11) is -1.64. The molecule has 2 aliphatic rings. The van der Waals surface area contributed by atoms with Crippen molar-refractivity contribution < 1.29 is 8.42 Å². The van der Waals surface area contributed by atoms with Gasteiger partial charge >= 0.3 is 0 Å². The molecule has 5 aromatic rings. The van der Waals surface area contributed by atoms with E-state index in [1.807, 2.05) is 36.4 Å². The maximum absolute atomic E-state index is 12.5. The summed E-state index contributed by atoms with van der Waals surface area (Å²) >= 11 is 0. The van der Waals surface area contributed by atoms with Crippen LogP contribution in [0.4, 0.5) is 5.82 Å². The summed E-state index contributed by atoms with van der Waals surface area (Å²) in [5.41, 5.74) is 11.3. The molecule has 2 fully saturated rings. The lowest BCUT2D eigenvalue weighted by atomic mass is 10.0. The van der Waals surface area contributed by atoms with Crippen molar-refractivity contribution in [3.8, 4) is 45.6 Å². The SMILES string of the molecule is Cn1cc(C#Cc2cnc(-c3cnc(-c4cnn(S(=O)(=O)C5CC5)c4)nc3N)cc2-c2cnn(C3CC3)c2)cn1. The zero-order chi connectivity index (χ0) is 27.4. The molecule has 0 aromatic carbocycles. The minimum absolute atomic E-state index is 0.212. The molecule has 0 atom stereocenters. The topological polar surface area (TPSA) is 152 Å². The highest BCUT2D eigenvalue weighted by Crippen LogP contribution is 2.36. The molecular formula is C27H24N10O2S. The molecule has 12 nitrogen and oxygen atoms in total. The Labute approximate surface area is 230 Å². The van der Waals surface area contributed by atoms with Crippen LogP contribution in [0.1, 0.15) is 42.9 Å². The van der Waals surface area contributed by atoms with Crippen LogP contribution >= 0.6 is 0 Å². The lowest BCUT2D eigenvalue weighted by molar-refractivity contribution is 0.578. The zero-order valence-corrected chi connectivity index (χ0v) is 22.3. The second-order valence-corrected chi connectivity index (χ2v) is 12.1. The van der Waals surface area contributed by atoms with Gasteiger partial charge in [0.2, 0.25) is 0 Å². The van der Waals surface area contributed by atoms with Crippen LogP contribution in [0, 0.1) is 11.8 Å². The molecule has 0 saturated heterocycles. The van der Waals surface area contributed by atoms with E-state index in [1.54, 1.807) is 23.3 Å². The Kier molecular flexibility index (Phi) is 5.53. The number of anilines is 1. The minimum Gasteiger partial charge on any atom is -0.383 e. The average Bonchev–Trinajstić information content (AvgIpc) is 3.84. The van der Waals surface area contributed by atoms with Gasteiger partial charge in [-0.05, 0) is 31.7 Å². The third kappa shape index (κ3) is 4.52. The molecule has 2 N–H and O–H groups in total. The van der Waals surface area contributed by atoms with Crippen molar-refractivity contribution in [3.63, 3.8) is 0 Å². The lowest BCUT2D eigenvalue weighted by Crippen LogP contribution is -2.17. The largest absolute Gasteiger partial charge is 0.383 e. The summed E-state index contributed by atoms with van der Waals surface area (Å²) in [6.07, 6.45) is 17.1. The van der Waals surface area contributed by atoms with Crippen molar-refractivity contribution in [2.24, 2.45) is 7.05 Å². The monoisotopic (exact) mass is 552 g/mol. The quantitative estimate of drug-likeness (QED) is 0.313. The Hall–Kier alpha value is -4.83. The summed E-state index contributed by atoms with van der Waals surface area (Å²) in [6.45, 7) is 0. The molecule has 0 radical (unpaired) electrons. The van der Waals surface area contributed by atoms with E-state index in [0.717, 1.165) is 39.2 Å². The first-order valence-corrected chi connectivity index (χ1v) is 14.3. The standard InChI is InChI=1S/C27H24N10O2S/c1-35-14-17(9-31-35)2-3-18-10-29-25(8-23(18)19-11-32-36(15-19)21-4-5-21)24-13-30-27(34-26(24)28)20-12-33-37(16-20)40(38,39)22-6-7-22/h8-16,21-22H,4-7H2,1H3,(H2,28,30,34). The van der Waals surface area contributed by atoms with Crippen LogP contribution in [0.3, 0.4) is 0 Å². The molecule has 5 heterocycles. The molecule has 0 spiro atoms. The van der Waals surface area contributed by atoms with Crippen LogP contribution in [0.25, 0.3) is 33.8 Å². The van der Waals surface area contributed by atoms with Crippen LogP contribution in [-0.2, 0) is 17.1 Å². The number of hydrogen-bond acceptors (Lipinski definition) is 9. The van der Waals surface area contributed by atoms with Crippen LogP contribution in [0.2, 0.25) is 0 Å². The molecule has 0 amide bonds. The van der Waals surface area contributed by atoms with E-state index >= 15 is 0 Å². The number of nitrogen functional groups attached to an aromatic ring is 1. The summed E-state index contributed by atoms with van der Waals surface area (Å²) < 4.78 is 29.7. The number of rotatable bonds is 6. The summed E-state index contributed by atoms with van der Waals surface area (Å²) in [5, 5.41) is 12.4. The van der Waals surface area contributed by atoms with Crippen LogP contribution < -0.4 is 5.73 Å². The highest BCUT2D eigenvalue weighted by atomic mass is 32.2. The Bertz CT molecular complexity index is 1930. The van der Waals surface area contributed by atoms with Crippen molar-refractivity contribution in [1.82, 2.24) is 43.7 Å². The van der Waals surface area contributed by atoms with Gasteiger partial charge < -0.3 is 5.73 Å². The van der Waals surface area contributed by atoms with Crippen molar-refractivity contribution in [1.29, 1.82) is 0 Å². The molecule has 40 heavy (non-hydrogen) atoms. The Balaban J connectivity index is 1.24. The van der Waals surface area contributed by atoms with Crippen molar-refractivity contribution >= 4 is 15.8 Å². The van der Waals surface area contributed by atoms with Gasteiger partial charge in [0.1, 0.15) is 5.82 Å². The van der Waals surface area contributed by atoms with Gasteiger partial charge in [-0.15, -0.1) is 0 Å². The number of hydrogen-bond donors (Lipinski definition) is 1. The van der Waals surface area contributed by atoms with Crippen LogP contribution in [0.15, 0.2) is 55.6 Å². The van der Waals surface area contributed by atoms with E-state index in [-0.39, 0.29) is 16.9 Å². The van der Waals surface area contributed by atoms with Gasteiger partial charge in [0.25, 0.3) is 10.0 Å². The van der Waals surface area contributed by atoms with Crippen molar-refractivity contribution in [2.75, 3.05) is 5.73 Å². The first kappa shape index (κ1) is 24.2. The smallest absolute Gasteiger partial charge is 0.256 e. The second kappa shape index (κ2) is 9.13. The maximum Gasteiger partial charge on any atom is 0.256 e. The molecule has 13 heteroatoms. The van der Waals surface area contributed by atoms with Gasteiger partial charge in [0.15, 0.2) is 5.82 Å². The Morgan fingerprint density at radius 2 is 1.70 bits per heavy atom. The van der Waals surface area contributed by atoms with Crippen LogP contribution in [-0.4, -0.2) is 57.4 Å². The third-order valence-corrected chi connectivity index (χ3v) is 8.94. The van der Waals surface area contributed by atoms with Gasteiger partial charge in [-0.1, -0.05) is 11.8 Å². The number of nitrogens with zero attached hydrogens (tertiary/aromatic N) is 9. The first-order valence-electron chi connectivity index (χ1n) is 12.8. The van der Waals surface area contributed by atoms with Gasteiger partial charge in [-0.2, -0.15) is 19.4 Å². The fraction of sp³-hybridized carbons (Fsp3) is 0.259. The molecule has 0 bridgehead atoms. The lowest BCUT2D eigenvalue weighted by Gasteiger charge is -2.09. The second-order valence-electron chi connectivity index (χ2n) is 10.0. The maximum atomic E-state index is 12.5. The van der Waals surface area contributed by atoms with Gasteiger partial charge in [-0.3, -0.25) is 14.3 Å². The van der Waals surface area contributed by atoms with Gasteiger partial charge in [0, 0.05) is 43.0 Å². The molecule has 7 rings (SSSR count). The fourth-order valence-electron chi connectivity index (χ4n) is 4.39. The van der Waals surface area contributed by atoms with Crippen molar-refractivity contribution in [2.45, 2.75) is 37.0 Å². The van der Waals surface area contributed by atoms with E-state index in [0.29, 0.717) is 35.7 Å². The van der Waals surface area contributed by atoms with Crippen LogP contribution in [0.5, 0.6) is 0 Å². The highest BCUT2D eigenvalue weighted by Gasteiger charge is 2.37. The summed E-state index contributed by atoms with van der Waals surface area (Å²) in [5.74, 6) is 6.87. The summed E-state index contributed by atoms with van der Waals surface area (Å²) in [6, 6.07) is 2.36. The van der Waals surface area contributed by atoms with E-state index in [4.69, 9.17) is 5.73 Å². The highest BCUT2D eigenvalue weighted by molar-refractivity contribution is 7.90. The normalized spacial score (nSPS) is 15.1. The van der Waals surface area contributed by atoms with Crippen molar-refractivity contribution in [3.05, 3.63) is 66.8 Å². The minimum atomic E-state index is -3.48. The van der Waals surface area contributed by atoms with E-state index in [9.17, 15) is 8.42 Å². The number of nitrogens with two attached hydrogens (primary N) is 1. The number of pyridine rings is 1. The van der Waals surface area contributed by atoms with E-state index in [1.165, 1.54) is 12.4 Å². The zero-order valence-electron chi connectivity index (χ0n) is 21.5. The molecule has 0 unspecified atom stereocenters. The first-order chi connectivity index (χ1) is 19.3. The van der Waals surface area contributed by atoms with E-state index in [2.05, 4.69) is 42.1 Å². The van der Waals surface area contributed by atoms with E-state index < -0.39 is 10.0 Å². The average molecular weight is 553 g/mol. The molecule has 2 aliphatic carbocycles. The molecule has 2 saturated carbocycles. The molecular weight excluding hydrogens is 528 g/mol. The van der Waals surface area contributed by atoms with Gasteiger partial charge in [0.05, 0.1) is 64.0 Å². The number of aromatic nitrogens is 9. The molecule has 200 valence electrons. The fourth-order valence-corrected chi connectivity index (χ4v) is 5.87. The van der Waals surface area contributed by atoms with Gasteiger partial charge in [-0.25, -0.2) is 18.4 Å². The Morgan fingerprint density at radius 3 is 2.42 bits per heavy atom. The predicted octanol–water partition coefficient (Wildman–Crippen LogP) is 2.66. The Morgan fingerprint density at radius 1 is 0.875 bits per heavy atom. The molecule has 0 aliphatic heterocycles.